The highest BCUT2D eigenvalue weighted by Gasteiger charge is 2.12. The number of halogens is 1. The summed E-state index contributed by atoms with van der Waals surface area (Å²) in [6.07, 6.45) is 3.34. The lowest BCUT2D eigenvalue weighted by Gasteiger charge is -2.08. The number of pyridine rings is 1. The Morgan fingerprint density at radius 3 is 2.70 bits per heavy atom. The summed E-state index contributed by atoms with van der Waals surface area (Å²) < 4.78 is 0. The van der Waals surface area contributed by atoms with Gasteiger partial charge in [-0.2, -0.15) is 0 Å². The summed E-state index contributed by atoms with van der Waals surface area (Å²) in [6, 6.07) is 9.97. The number of carbonyl (C=O) groups is 2. The molecule has 0 aliphatic carbocycles. The van der Waals surface area contributed by atoms with E-state index in [2.05, 4.69) is 15.6 Å². The third-order valence-corrected chi connectivity index (χ3v) is 3.52. The van der Waals surface area contributed by atoms with Crippen LogP contribution in [0.1, 0.15) is 40.6 Å². The smallest absolute Gasteiger partial charge is 0.269 e. The Kier molecular flexibility index (Phi) is 6.11. The first-order chi connectivity index (χ1) is 11.1. The van der Waals surface area contributed by atoms with E-state index in [-0.39, 0.29) is 17.5 Å². The van der Waals surface area contributed by atoms with Crippen molar-refractivity contribution in [3.05, 3.63) is 58.9 Å². The third kappa shape index (κ3) is 4.79. The number of rotatable bonds is 6. The van der Waals surface area contributed by atoms with Crippen LogP contribution in [0.15, 0.2) is 42.6 Å². The summed E-state index contributed by atoms with van der Waals surface area (Å²) in [5.41, 5.74) is 1.08. The van der Waals surface area contributed by atoms with Crippen molar-refractivity contribution in [3.8, 4) is 0 Å². The fourth-order valence-corrected chi connectivity index (χ4v) is 2.11. The number of nitrogens with one attached hydrogen (secondary N) is 2. The molecule has 0 unspecified atom stereocenters. The van der Waals surface area contributed by atoms with E-state index in [1.165, 1.54) is 12.3 Å². The van der Waals surface area contributed by atoms with E-state index in [4.69, 9.17) is 11.6 Å². The van der Waals surface area contributed by atoms with Crippen molar-refractivity contribution in [3.63, 3.8) is 0 Å². The average molecular weight is 332 g/mol. The van der Waals surface area contributed by atoms with E-state index >= 15 is 0 Å². The Labute approximate surface area is 140 Å². The Hall–Kier alpha value is -2.40. The van der Waals surface area contributed by atoms with Crippen LogP contribution in [0.5, 0.6) is 0 Å². The van der Waals surface area contributed by atoms with E-state index in [1.807, 2.05) is 6.92 Å². The summed E-state index contributed by atoms with van der Waals surface area (Å²) >= 11 is 6.02. The van der Waals surface area contributed by atoms with Crippen molar-refractivity contribution in [1.82, 2.24) is 10.3 Å². The van der Waals surface area contributed by atoms with E-state index in [0.717, 1.165) is 12.8 Å². The van der Waals surface area contributed by atoms with Crippen molar-refractivity contribution in [1.29, 1.82) is 0 Å². The van der Waals surface area contributed by atoms with Crippen LogP contribution >= 0.6 is 11.6 Å². The number of hydrogen-bond donors (Lipinski definition) is 2. The summed E-state index contributed by atoms with van der Waals surface area (Å²) in [5, 5.41) is 5.94. The fraction of sp³-hybridized carbons (Fsp3) is 0.235. The normalized spacial score (nSPS) is 10.2. The lowest BCUT2D eigenvalue weighted by molar-refractivity contribution is 0.0948. The van der Waals surface area contributed by atoms with Gasteiger partial charge in [-0.15, -0.1) is 0 Å². The topological polar surface area (TPSA) is 71.1 Å². The third-order valence-electron chi connectivity index (χ3n) is 3.19. The van der Waals surface area contributed by atoms with E-state index in [0.29, 0.717) is 22.8 Å². The van der Waals surface area contributed by atoms with Crippen LogP contribution in [0.25, 0.3) is 0 Å². The summed E-state index contributed by atoms with van der Waals surface area (Å²) in [7, 11) is 0. The van der Waals surface area contributed by atoms with Crippen LogP contribution in [-0.2, 0) is 0 Å². The van der Waals surface area contributed by atoms with Gasteiger partial charge in [0, 0.05) is 18.3 Å². The molecule has 1 heterocycles. The molecule has 0 saturated heterocycles. The van der Waals surface area contributed by atoms with Crippen molar-refractivity contribution in [2.75, 3.05) is 11.9 Å². The molecular weight excluding hydrogens is 314 g/mol. The molecule has 2 N–H and O–H groups in total. The van der Waals surface area contributed by atoms with E-state index in [9.17, 15) is 9.59 Å². The molecule has 0 bridgehead atoms. The van der Waals surface area contributed by atoms with Crippen LogP contribution in [0, 0.1) is 0 Å². The largest absolute Gasteiger partial charge is 0.351 e. The number of carbonyl (C=O) groups excluding carboxylic acids is 2. The molecule has 0 aliphatic heterocycles. The zero-order valence-electron chi connectivity index (χ0n) is 12.8. The molecule has 2 amide bonds. The molecule has 0 aliphatic rings. The summed E-state index contributed by atoms with van der Waals surface area (Å²) in [5.74, 6) is -0.631. The van der Waals surface area contributed by atoms with E-state index in [1.54, 1.807) is 30.3 Å². The number of benzene rings is 1. The number of amides is 2. The zero-order valence-corrected chi connectivity index (χ0v) is 13.6. The fourth-order valence-electron chi connectivity index (χ4n) is 1.92. The maximum absolute atomic E-state index is 12.3. The van der Waals surface area contributed by atoms with Gasteiger partial charge in [0.05, 0.1) is 10.7 Å². The number of nitrogens with zero attached hydrogens (tertiary/aromatic N) is 1. The first-order valence-corrected chi connectivity index (χ1v) is 7.79. The molecule has 5 nitrogen and oxygen atoms in total. The Morgan fingerprint density at radius 2 is 1.96 bits per heavy atom. The molecule has 23 heavy (non-hydrogen) atoms. The van der Waals surface area contributed by atoms with Crippen molar-refractivity contribution in [2.45, 2.75) is 19.8 Å². The van der Waals surface area contributed by atoms with Crippen LogP contribution in [0.2, 0.25) is 5.02 Å². The van der Waals surface area contributed by atoms with Gasteiger partial charge in [-0.3, -0.25) is 14.6 Å². The Bertz CT molecular complexity index is 704. The van der Waals surface area contributed by atoms with Gasteiger partial charge in [-0.25, -0.2) is 0 Å². The Morgan fingerprint density at radius 1 is 1.17 bits per heavy atom. The molecule has 0 saturated carbocycles. The molecule has 120 valence electrons. The molecule has 1 aromatic carbocycles. The maximum atomic E-state index is 12.3. The summed E-state index contributed by atoms with van der Waals surface area (Å²) in [6.45, 7) is 2.64. The van der Waals surface area contributed by atoms with Gasteiger partial charge in [-0.05, 0) is 30.7 Å². The minimum atomic E-state index is -0.344. The van der Waals surface area contributed by atoms with Crippen molar-refractivity contribution < 1.29 is 9.59 Å². The second-order valence-electron chi connectivity index (χ2n) is 4.97. The quantitative estimate of drug-likeness (QED) is 0.796. The first-order valence-electron chi connectivity index (χ1n) is 7.42. The van der Waals surface area contributed by atoms with E-state index < -0.39 is 0 Å². The highest BCUT2D eigenvalue weighted by atomic mass is 35.5. The first kappa shape index (κ1) is 17.0. The molecule has 6 heteroatoms. The number of anilines is 1. The van der Waals surface area contributed by atoms with Crippen LogP contribution < -0.4 is 10.6 Å². The molecule has 2 aromatic rings. The number of aromatic nitrogens is 1. The number of hydrogen-bond acceptors (Lipinski definition) is 3. The van der Waals surface area contributed by atoms with Crippen molar-refractivity contribution in [2.24, 2.45) is 0 Å². The Balaban J connectivity index is 2.08. The highest BCUT2D eigenvalue weighted by molar-refractivity contribution is 6.33. The predicted octanol–water partition coefficient (Wildman–Crippen LogP) is 3.52. The van der Waals surface area contributed by atoms with Gasteiger partial charge in [-0.1, -0.05) is 37.1 Å². The standard InChI is InChI=1S/C17H18ClN3O2/c1-2-3-9-20-17(23)15-11-12(8-10-19-15)16(22)21-14-7-5-4-6-13(14)18/h4-8,10-11H,2-3,9H2,1H3,(H,20,23)(H,21,22). The van der Waals surface area contributed by atoms with Gasteiger partial charge in [0.25, 0.3) is 11.8 Å². The zero-order chi connectivity index (χ0) is 16.7. The number of unbranched alkanes of at least 4 members (excludes halogenated alkanes) is 1. The SMILES string of the molecule is CCCCNC(=O)c1cc(C(=O)Nc2ccccc2Cl)ccn1. The second kappa shape index (κ2) is 8.29. The molecule has 0 radical (unpaired) electrons. The minimum absolute atomic E-state index is 0.216. The lowest BCUT2D eigenvalue weighted by Crippen LogP contribution is -2.25. The monoisotopic (exact) mass is 331 g/mol. The van der Waals surface area contributed by atoms with Crippen LogP contribution in [0.3, 0.4) is 0 Å². The minimum Gasteiger partial charge on any atom is -0.351 e. The molecular formula is C17H18ClN3O2. The van der Waals surface area contributed by atoms with Crippen LogP contribution in [-0.4, -0.2) is 23.3 Å². The second-order valence-corrected chi connectivity index (χ2v) is 5.38. The summed E-state index contributed by atoms with van der Waals surface area (Å²) in [4.78, 5) is 28.3. The van der Waals surface area contributed by atoms with Gasteiger partial charge in [0.2, 0.25) is 0 Å². The average Bonchev–Trinajstić information content (AvgIpc) is 2.57. The predicted molar refractivity (Wildman–Crippen MR) is 90.9 cm³/mol. The molecule has 2 rings (SSSR count). The maximum Gasteiger partial charge on any atom is 0.269 e. The molecule has 0 fully saturated rings. The molecule has 1 aromatic heterocycles. The van der Waals surface area contributed by atoms with Crippen molar-refractivity contribution >= 4 is 29.1 Å². The number of para-hydroxylation sites is 1. The highest BCUT2D eigenvalue weighted by Crippen LogP contribution is 2.21. The van der Waals surface area contributed by atoms with Gasteiger partial charge in [0.15, 0.2) is 0 Å². The van der Waals surface area contributed by atoms with Crippen LogP contribution in [0.4, 0.5) is 5.69 Å². The molecule has 0 atom stereocenters. The molecule has 0 spiro atoms. The van der Waals surface area contributed by atoms with Gasteiger partial charge in [0.1, 0.15) is 5.69 Å². The van der Waals surface area contributed by atoms with Gasteiger partial charge < -0.3 is 10.6 Å². The van der Waals surface area contributed by atoms with Gasteiger partial charge >= 0.3 is 0 Å². The lowest BCUT2D eigenvalue weighted by atomic mass is 10.2.